The number of hydrogen-bond donors (Lipinski definition) is 1. The van der Waals surface area contributed by atoms with Crippen molar-refractivity contribution in [2.75, 3.05) is 6.54 Å². The number of hydrogen-bond acceptors (Lipinski definition) is 4. The number of nitrogens with one attached hydrogen (secondary N) is 1. The molecule has 0 saturated heterocycles. The molecule has 0 aliphatic rings. The molecular weight excluding hydrogens is 279 g/mol. The van der Waals surface area contributed by atoms with Gasteiger partial charge in [0.2, 0.25) is 4.96 Å². The molecule has 0 saturated carbocycles. The van der Waals surface area contributed by atoms with Gasteiger partial charge in [-0.15, -0.1) is 0 Å². The summed E-state index contributed by atoms with van der Waals surface area (Å²) in [6, 6.07) is 6.53. The maximum Gasteiger partial charge on any atom is 0.271 e. The smallest absolute Gasteiger partial charge is 0.271 e. The predicted molar refractivity (Wildman–Crippen MR) is 73.3 cm³/mol. The van der Waals surface area contributed by atoms with E-state index in [1.165, 1.54) is 17.4 Å². The molecule has 0 aliphatic heterocycles. The van der Waals surface area contributed by atoms with Crippen LogP contribution in [-0.2, 0) is 6.42 Å². The Balaban J connectivity index is 1.60. The zero-order valence-corrected chi connectivity index (χ0v) is 11.2. The first kappa shape index (κ1) is 12.7. The number of aromatic nitrogens is 3. The van der Waals surface area contributed by atoms with Crippen LogP contribution in [0.2, 0.25) is 0 Å². The number of amides is 1. The maximum absolute atomic E-state index is 13.4. The lowest BCUT2D eigenvalue weighted by atomic mass is 10.1. The maximum atomic E-state index is 13.4. The van der Waals surface area contributed by atoms with E-state index in [0.29, 0.717) is 29.2 Å². The topological polar surface area (TPSA) is 59.3 Å². The molecule has 20 heavy (non-hydrogen) atoms. The predicted octanol–water partition coefficient (Wildman–Crippen LogP) is 1.90. The third-order valence-corrected chi connectivity index (χ3v) is 3.55. The van der Waals surface area contributed by atoms with Crippen LogP contribution in [0.25, 0.3) is 4.96 Å². The highest BCUT2D eigenvalue weighted by Crippen LogP contribution is 2.09. The van der Waals surface area contributed by atoms with Crippen molar-refractivity contribution in [2.45, 2.75) is 6.42 Å². The van der Waals surface area contributed by atoms with Crippen molar-refractivity contribution < 1.29 is 9.18 Å². The zero-order valence-electron chi connectivity index (χ0n) is 10.4. The normalized spacial score (nSPS) is 10.8. The zero-order chi connectivity index (χ0) is 13.9. The number of carbonyl (C=O) groups excluding carboxylic acids is 1. The summed E-state index contributed by atoms with van der Waals surface area (Å²) < 4.78 is 15.0. The number of imidazole rings is 1. The monoisotopic (exact) mass is 290 g/mol. The molecule has 2 heterocycles. The van der Waals surface area contributed by atoms with E-state index >= 15 is 0 Å². The number of rotatable bonds is 4. The lowest BCUT2D eigenvalue weighted by Crippen LogP contribution is -2.26. The number of benzene rings is 1. The van der Waals surface area contributed by atoms with Gasteiger partial charge in [0.15, 0.2) is 0 Å². The van der Waals surface area contributed by atoms with Gasteiger partial charge in [-0.25, -0.2) is 13.9 Å². The summed E-state index contributed by atoms with van der Waals surface area (Å²) in [5.41, 5.74) is 2.56. The third-order valence-electron chi connectivity index (χ3n) is 2.86. The first-order valence-corrected chi connectivity index (χ1v) is 6.92. The van der Waals surface area contributed by atoms with Crippen LogP contribution in [0, 0.1) is 5.82 Å². The van der Waals surface area contributed by atoms with E-state index in [-0.39, 0.29) is 11.7 Å². The highest BCUT2D eigenvalue weighted by molar-refractivity contribution is 7.14. The first-order valence-electron chi connectivity index (χ1n) is 6.04. The van der Waals surface area contributed by atoms with Gasteiger partial charge in [-0.05, 0) is 18.1 Å². The molecule has 3 aromatic rings. The van der Waals surface area contributed by atoms with Crippen LogP contribution in [0.1, 0.15) is 16.1 Å². The minimum atomic E-state index is -0.279. The largest absolute Gasteiger partial charge is 0.350 e. The van der Waals surface area contributed by atoms with Crippen molar-refractivity contribution in [1.29, 1.82) is 0 Å². The first-order chi connectivity index (χ1) is 9.74. The second kappa shape index (κ2) is 5.38. The van der Waals surface area contributed by atoms with Crippen molar-refractivity contribution in [3.63, 3.8) is 0 Å². The van der Waals surface area contributed by atoms with Gasteiger partial charge in [-0.1, -0.05) is 29.5 Å². The van der Waals surface area contributed by atoms with E-state index in [0.717, 1.165) is 0 Å². The highest BCUT2D eigenvalue weighted by Gasteiger charge is 2.11. The fourth-order valence-electron chi connectivity index (χ4n) is 1.85. The van der Waals surface area contributed by atoms with Crippen LogP contribution in [0.4, 0.5) is 4.39 Å². The van der Waals surface area contributed by atoms with Gasteiger partial charge < -0.3 is 5.32 Å². The molecule has 0 aliphatic carbocycles. The molecule has 1 amide bonds. The summed E-state index contributed by atoms with van der Waals surface area (Å²) in [6.07, 6.45) is 2.02. The van der Waals surface area contributed by atoms with Gasteiger partial charge in [0.05, 0.1) is 6.20 Å². The molecule has 0 atom stereocenters. The fraction of sp³-hybridized carbons (Fsp3) is 0.154. The molecule has 5 nitrogen and oxygen atoms in total. The minimum Gasteiger partial charge on any atom is -0.350 e. The van der Waals surface area contributed by atoms with Crippen LogP contribution < -0.4 is 5.32 Å². The summed E-state index contributed by atoms with van der Waals surface area (Å²) in [5, 5.41) is 6.73. The molecule has 102 valence electrons. The van der Waals surface area contributed by atoms with E-state index < -0.39 is 0 Å². The molecule has 0 radical (unpaired) electrons. The summed E-state index contributed by atoms with van der Waals surface area (Å²) in [7, 11) is 0. The van der Waals surface area contributed by atoms with Crippen LogP contribution in [0.15, 0.2) is 36.0 Å². The fourth-order valence-corrected chi connectivity index (χ4v) is 2.45. The van der Waals surface area contributed by atoms with Gasteiger partial charge in [0.25, 0.3) is 5.91 Å². The second-order valence-corrected chi connectivity index (χ2v) is 5.00. The number of fused-ring (bicyclic) bond motifs is 1. The molecule has 2 aromatic heterocycles. The van der Waals surface area contributed by atoms with Gasteiger partial charge in [0.1, 0.15) is 17.0 Å². The van der Waals surface area contributed by atoms with E-state index in [1.54, 1.807) is 34.4 Å². The Morgan fingerprint density at radius 3 is 3.05 bits per heavy atom. The molecule has 0 fully saturated rings. The van der Waals surface area contributed by atoms with Gasteiger partial charge in [-0.2, -0.15) is 5.10 Å². The quantitative estimate of drug-likeness (QED) is 0.798. The average molecular weight is 290 g/mol. The summed E-state index contributed by atoms with van der Waals surface area (Å²) in [5.74, 6) is -0.535. The van der Waals surface area contributed by atoms with Gasteiger partial charge >= 0.3 is 0 Å². The SMILES string of the molecule is O=C(NCCc1ccccc1F)c1cn2ncsc2n1. The van der Waals surface area contributed by atoms with E-state index in [4.69, 9.17) is 0 Å². The second-order valence-electron chi connectivity index (χ2n) is 4.19. The van der Waals surface area contributed by atoms with Crippen LogP contribution in [-0.4, -0.2) is 27.0 Å². The Morgan fingerprint density at radius 2 is 2.25 bits per heavy atom. The Morgan fingerprint density at radius 1 is 1.40 bits per heavy atom. The Kier molecular flexibility index (Phi) is 3.42. The summed E-state index contributed by atoms with van der Waals surface area (Å²) >= 11 is 1.36. The van der Waals surface area contributed by atoms with Crippen molar-refractivity contribution in [1.82, 2.24) is 19.9 Å². The third kappa shape index (κ3) is 2.53. The molecular formula is C13H11FN4OS. The highest BCUT2D eigenvalue weighted by atomic mass is 32.1. The van der Waals surface area contributed by atoms with Gasteiger partial charge in [-0.3, -0.25) is 4.79 Å². The minimum absolute atomic E-state index is 0.256. The van der Waals surface area contributed by atoms with Crippen LogP contribution in [0.3, 0.4) is 0 Å². The van der Waals surface area contributed by atoms with Crippen molar-refractivity contribution >= 4 is 22.2 Å². The Hall–Kier alpha value is -2.28. The molecule has 0 unspecified atom stereocenters. The van der Waals surface area contributed by atoms with Crippen LogP contribution in [0.5, 0.6) is 0 Å². The van der Waals surface area contributed by atoms with Crippen molar-refractivity contribution in [3.8, 4) is 0 Å². The summed E-state index contributed by atoms with van der Waals surface area (Å²) in [6.45, 7) is 0.359. The van der Waals surface area contributed by atoms with E-state index in [2.05, 4.69) is 15.4 Å². The number of carbonyl (C=O) groups is 1. The molecule has 0 spiro atoms. The number of nitrogens with zero attached hydrogens (tertiary/aromatic N) is 3. The molecule has 7 heteroatoms. The standard InChI is InChI=1S/C13H11FN4OS/c14-10-4-2-1-3-9(10)5-6-15-12(19)11-7-18-13(17-11)20-8-16-18/h1-4,7-8H,5-6H2,(H,15,19). The van der Waals surface area contributed by atoms with Crippen molar-refractivity contribution in [3.05, 3.63) is 53.0 Å². The lowest BCUT2D eigenvalue weighted by Gasteiger charge is -2.04. The van der Waals surface area contributed by atoms with Crippen LogP contribution >= 0.6 is 11.3 Å². The van der Waals surface area contributed by atoms with Crippen molar-refractivity contribution in [2.24, 2.45) is 0 Å². The molecule has 1 aromatic carbocycles. The average Bonchev–Trinajstić information content (AvgIpc) is 3.01. The van der Waals surface area contributed by atoms with E-state index in [1.807, 2.05) is 0 Å². The molecule has 0 bridgehead atoms. The Labute approximate surface area is 118 Å². The molecule has 3 rings (SSSR count). The summed E-state index contributed by atoms with van der Waals surface area (Å²) in [4.78, 5) is 16.7. The Bertz CT molecular complexity index is 723. The molecule has 1 N–H and O–H groups in total. The number of halogens is 1. The van der Waals surface area contributed by atoms with E-state index in [9.17, 15) is 9.18 Å². The van der Waals surface area contributed by atoms with Gasteiger partial charge in [0, 0.05) is 6.54 Å². The lowest BCUT2D eigenvalue weighted by molar-refractivity contribution is 0.0949.